The Bertz CT molecular complexity index is 563. The Morgan fingerprint density at radius 2 is 2.00 bits per heavy atom. The number of hydrogen-bond acceptors (Lipinski definition) is 6. The number of fused-ring (bicyclic) bond motifs is 1. The van der Waals surface area contributed by atoms with Gasteiger partial charge in [0.1, 0.15) is 12.4 Å². The van der Waals surface area contributed by atoms with E-state index in [0.717, 1.165) is 6.26 Å². The van der Waals surface area contributed by atoms with Gasteiger partial charge < -0.3 is 14.2 Å². The molecule has 0 N–H and O–H groups in total. The van der Waals surface area contributed by atoms with E-state index in [4.69, 9.17) is 14.2 Å². The monoisotopic (exact) mass is 272 g/mol. The van der Waals surface area contributed by atoms with Gasteiger partial charge in [-0.05, 0) is 6.07 Å². The van der Waals surface area contributed by atoms with E-state index < -0.39 is 9.84 Å². The van der Waals surface area contributed by atoms with E-state index >= 15 is 0 Å². The van der Waals surface area contributed by atoms with Crippen LogP contribution >= 0.6 is 0 Å². The van der Waals surface area contributed by atoms with Gasteiger partial charge in [-0.3, -0.25) is 4.79 Å². The summed E-state index contributed by atoms with van der Waals surface area (Å²) < 4.78 is 37.5. The highest BCUT2D eigenvalue weighted by atomic mass is 32.2. The van der Waals surface area contributed by atoms with Gasteiger partial charge in [-0.2, -0.15) is 0 Å². The molecule has 0 fully saturated rings. The standard InChI is InChI=1S/C11H12O6S/c1-18(13,14)3-2-15-9-5-11-10(16-7-17-11)4-8(9)6-12/h4-6H,2-3,7H2,1H3. The summed E-state index contributed by atoms with van der Waals surface area (Å²) in [6, 6.07) is 3.03. The summed E-state index contributed by atoms with van der Waals surface area (Å²) in [5.41, 5.74) is 0.299. The molecule has 0 radical (unpaired) electrons. The minimum absolute atomic E-state index is 0.0146. The van der Waals surface area contributed by atoms with Crippen LogP contribution in [-0.2, 0) is 9.84 Å². The molecule has 1 aromatic carbocycles. The zero-order valence-electron chi connectivity index (χ0n) is 9.71. The maximum absolute atomic E-state index is 11.0. The van der Waals surface area contributed by atoms with Gasteiger partial charge >= 0.3 is 0 Å². The Morgan fingerprint density at radius 3 is 2.61 bits per heavy atom. The second-order valence-electron chi connectivity index (χ2n) is 3.84. The molecule has 0 aliphatic carbocycles. The van der Waals surface area contributed by atoms with Gasteiger partial charge in [-0.15, -0.1) is 0 Å². The first-order chi connectivity index (χ1) is 8.49. The van der Waals surface area contributed by atoms with Gasteiger partial charge in [0.05, 0.1) is 11.3 Å². The summed E-state index contributed by atoms with van der Waals surface area (Å²) in [5, 5.41) is 0. The van der Waals surface area contributed by atoms with Gasteiger partial charge in [0.2, 0.25) is 6.79 Å². The Balaban J connectivity index is 2.14. The molecule has 0 unspecified atom stereocenters. The molecule has 6 nitrogen and oxygen atoms in total. The summed E-state index contributed by atoms with van der Waals surface area (Å²) >= 11 is 0. The maximum Gasteiger partial charge on any atom is 0.231 e. The smallest absolute Gasteiger partial charge is 0.231 e. The minimum Gasteiger partial charge on any atom is -0.492 e. The lowest BCUT2D eigenvalue weighted by Crippen LogP contribution is -2.12. The molecule has 0 amide bonds. The number of sulfone groups is 1. The summed E-state index contributed by atoms with van der Waals surface area (Å²) in [6.45, 7) is 0.0831. The minimum atomic E-state index is -3.09. The third-order valence-electron chi connectivity index (χ3n) is 2.34. The lowest BCUT2D eigenvalue weighted by Gasteiger charge is -2.08. The largest absolute Gasteiger partial charge is 0.492 e. The second kappa shape index (κ2) is 4.85. The number of aldehydes is 1. The van der Waals surface area contributed by atoms with Crippen LogP contribution in [0.2, 0.25) is 0 Å². The molecule has 98 valence electrons. The van der Waals surface area contributed by atoms with Crippen molar-refractivity contribution in [1.29, 1.82) is 0 Å². The molecule has 0 bridgehead atoms. The molecule has 2 rings (SSSR count). The van der Waals surface area contributed by atoms with Gasteiger partial charge in [-0.25, -0.2) is 8.42 Å². The maximum atomic E-state index is 11.0. The number of benzene rings is 1. The quantitative estimate of drug-likeness (QED) is 0.732. The lowest BCUT2D eigenvalue weighted by molar-refractivity contribution is 0.111. The van der Waals surface area contributed by atoms with Gasteiger partial charge in [0.15, 0.2) is 27.6 Å². The zero-order valence-corrected chi connectivity index (χ0v) is 10.5. The van der Waals surface area contributed by atoms with Crippen LogP contribution in [0.5, 0.6) is 17.2 Å². The molecule has 18 heavy (non-hydrogen) atoms. The van der Waals surface area contributed by atoms with Crippen LogP contribution < -0.4 is 14.2 Å². The van der Waals surface area contributed by atoms with E-state index in [1.54, 1.807) is 0 Å². The number of rotatable bonds is 5. The van der Waals surface area contributed by atoms with Crippen LogP contribution in [0, 0.1) is 0 Å². The van der Waals surface area contributed by atoms with Crippen LogP contribution in [0.15, 0.2) is 12.1 Å². The highest BCUT2D eigenvalue weighted by Gasteiger charge is 2.18. The first-order valence-corrected chi connectivity index (χ1v) is 7.25. The molecular formula is C11H12O6S. The fraction of sp³-hybridized carbons (Fsp3) is 0.364. The van der Waals surface area contributed by atoms with Crippen molar-refractivity contribution in [3.63, 3.8) is 0 Å². The molecular weight excluding hydrogens is 260 g/mol. The van der Waals surface area contributed by atoms with Crippen molar-refractivity contribution in [2.24, 2.45) is 0 Å². The molecule has 0 saturated heterocycles. The highest BCUT2D eigenvalue weighted by Crippen LogP contribution is 2.37. The van der Waals surface area contributed by atoms with E-state index in [2.05, 4.69) is 0 Å². The van der Waals surface area contributed by atoms with Crippen LogP contribution in [0.3, 0.4) is 0 Å². The Kier molecular flexibility index (Phi) is 3.42. The Hall–Kier alpha value is -1.76. The summed E-state index contributed by atoms with van der Waals surface area (Å²) in [4.78, 5) is 10.9. The first-order valence-electron chi connectivity index (χ1n) is 5.19. The molecule has 0 saturated carbocycles. The molecule has 0 aromatic heterocycles. The average molecular weight is 272 g/mol. The van der Waals surface area contributed by atoms with E-state index in [-0.39, 0.29) is 24.9 Å². The summed E-state index contributed by atoms with van der Waals surface area (Å²) in [6.07, 6.45) is 1.74. The molecule has 0 spiro atoms. The molecule has 1 aliphatic rings. The molecule has 1 heterocycles. The van der Waals surface area contributed by atoms with Gasteiger partial charge in [0.25, 0.3) is 0 Å². The predicted octanol–water partition coefficient (Wildman–Crippen LogP) is 0.651. The first kappa shape index (κ1) is 12.7. The SMILES string of the molecule is CS(=O)(=O)CCOc1cc2c(cc1C=O)OCO2. The van der Waals surface area contributed by atoms with E-state index in [1.807, 2.05) is 0 Å². The number of carbonyl (C=O) groups excluding carboxylic acids is 1. The third-order valence-corrected chi connectivity index (χ3v) is 3.25. The lowest BCUT2D eigenvalue weighted by atomic mass is 10.2. The highest BCUT2D eigenvalue weighted by molar-refractivity contribution is 7.90. The topological polar surface area (TPSA) is 78.9 Å². The van der Waals surface area contributed by atoms with Crippen molar-refractivity contribution >= 4 is 16.1 Å². The fourth-order valence-corrected chi connectivity index (χ4v) is 1.85. The molecule has 0 atom stereocenters. The van der Waals surface area contributed by atoms with Crippen molar-refractivity contribution < 1.29 is 27.4 Å². The van der Waals surface area contributed by atoms with Crippen LogP contribution in [0.25, 0.3) is 0 Å². The molecule has 1 aromatic rings. The van der Waals surface area contributed by atoms with Crippen molar-refractivity contribution in [1.82, 2.24) is 0 Å². The molecule has 7 heteroatoms. The number of hydrogen-bond donors (Lipinski definition) is 0. The second-order valence-corrected chi connectivity index (χ2v) is 6.10. The van der Waals surface area contributed by atoms with E-state index in [9.17, 15) is 13.2 Å². The van der Waals surface area contributed by atoms with Crippen LogP contribution in [0.1, 0.15) is 10.4 Å². The normalized spacial score (nSPS) is 13.4. The van der Waals surface area contributed by atoms with Crippen LogP contribution in [-0.4, -0.2) is 40.1 Å². The molecule has 1 aliphatic heterocycles. The zero-order chi connectivity index (χ0) is 13.2. The van der Waals surface area contributed by atoms with Crippen molar-refractivity contribution in [2.45, 2.75) is 0 Å². The van der Waals surface area contributed by atoms with Gasteiger partial charge in [-0.1, -0.05) is 0 Å². The van der Waals surface area contributed by atoms with Crippen molar-refractivity contribution in [3.05, 3.63) is 17.7 Å². The summed E-state index contributed by atoms with van der Waals surface area (Å²) in [7, 11) is -3.09. The number of ether oxygens (including phenoxy) is 3. The third kappa shape index (κ3) is 2.92. The summed E-state index contributed by atoms with van der Waals surface area (Å²) in [5.74, 6) is 1.14. The predicted molar refractivity (Wildman–Crippen MR) is 63.2 cm³/mol. The Labute approximate surface area is 104 Å². The average Bonchev–Trinajstić information content (AvgIpc) is 2.73. The van der Waals surface area contributed by atoms with Gasteiger partial charge in [0, 0.05) is 12.3 Å². The Morgan fingerprint density at radius 1 is 1.33 bits per heavy atom. The fourth-order valence-electron chi connectivity index (χ4n) is 1.46. The van der Waals surface area contributed by atoms with Crippen LogP contribution in [0.4, 0.5) is 0 Å². The van der Waals surface area contributed by atoms with E-state index in [1.165, 1.54) is 12.1 Å². The van der Waals surface area contributed by atoms with E-state index in [0.29, 0.717) is 23.3 Å². The van der Waals surface area contributed by atoms with Crippen molar-refractivity contribution in [3.8, 4) is 17.2 Å². The number of carbonyl (C=O) groups is 1. The van der Waals surface area contributed by atoms with Crippen molar-refractivity contribution in [2.75, 3.05) is 25.4 Å².